The topological polar surface area (TPSA) is 89.0 Å². The van der Waals surface area contributed by atoms with Crippen molar-refractivity contribution in [2.75, 3.05) is 13.7 Å². The number of ether oxygens (including phenoxy) is 1. The quantitative estimate of drug-likeness (QED) is 0.706. The molecule has 0 radical (unpaired) electrons. The fraction of sp³-hybridized carbons (Fsp3) is 0.235. The molecular weight excluding hydrogens is 340 g/mol. The summed E-state index contributed by atoms with van der Waals surface area (Å²) in [6.45, 7) is 2.53. The van der Waals surface area contributed by atoms with E-state index in [1.165, 1.54) is 13.2 Å². The molecule has 0 spiro atoms. The number of hydrogen-bond donors (Lipinski definition) is 2. The first-order valence-electron chi connectivity index (χ1n) is 7.71. The van der Waals surface area contributed by atoms with Gasteiger partial charge in [-0.25, -0.2) is 0 Å². The smallest absolute Gasteiger partial charge is 0.271 e. The van der Waals surface area contributed by atoms with Gasteiger partial charge in [-0.2, -0.15) is 5.10 Å². The van der Waals surface area contributed by atoms with Crippen molar-refractivity contribution in [1.82, 2.24) is 20.1 Å². The van der Waals surface area contributed by atoms with Crippen LogP contribution in [0.3, 0.4) is 0 Å². The lowest BCUT2D eigenvalue weighted by molar-refractivity contribution is 0.0947. The highest BCUT2D eigenvalue weighted by molar-refractivity contribution is 7.13. The number of H-pyrrole nitrogens is 1. The summed E-state index contributed by atoms with van der Waals surface area (Å²) in [4.78, 5) is 25.3. The van der Waals surface area contributed by atoms with Crippen LogP contribution in [-0.4, -0.2) is 34.3 Å². The van der Waals surface area contributed by atoms with Gasteiger partial charge < -0.3 is 14.6 Å². The Hall–Kier alpha value is -2.87. The predicted molar refractivity (Wildman–Crippen MR) is 96.2 cm³/mol. The molecule has 0 saturated heterocycles. The summed E-state index contributed by atoms with van der Waals surface area (Å²) in [7, 11) is 1.52. The molecule has 0 saturated carbocycles. The van der Waals surface area contributed by atoms with Gasteiger partial charge in [-0.15, -0.1) is 11.3 Å². The van der Waals surface area contributed by atoms with Crippen LogP contribution in [0.1, 0.15) is 16.2 Å². The molecule has 8 heteroatoms. The standard InChI is InChI=1S/C17H18N4O3S/c1-11-8-12(24-2)9-16(22)21(11)6-5-18-17(23)14-10-13(19-20-14)15-4-3-7-25-15/h3-4,7-10H,5-6H2,1-2H3,(H,18,23)(H,19,20). The van der Waals surface area contributed by atoms with Gasteiger partial charge in [0.25, 0.3) is 11.5 Å². The molecule has 0 aliphatic carbocycles. The molecule has 2 N–H and O–H groups in total. The van der Waals surface area contributed by atoms with Crippen LogP contribution in [0, 0.1) is 6.92 Å². The van der Waals surface area contributed by atoms with E-state index in [0.717, 1.165) is 16.3 Å². The van der Waals surface area contributed by atoms with Crippen LogP contribution in [0.2, 0.25) is 0 Å². The second-order valence-electron chi connectivity index (χ2n) is 5.43. The maximum absolute atomic E-state index is 12.2. The molecule has 0 bridgehead atoms. The molecule has 0 fully saturated rings. The zero-order valence-electron chi connectivity index (χ0n) is 13.9. The van der Waals surface area contributed by atoms with Gasteiger partial charge in [-0.05, 0) is 30.5 Å². The van der Waals surface area contributed by atoms with Crippen LogP contribution in [-0.2, 0) is 6.54 Å². The molecule has 0 aliphatic heterocycles. The number of nitrogens with zero attached hydrogens (tertiary/aromatic N) is 2. The van der Waals surface area contributed by atoms with Crippen molar-refractivity contribution < 1.29 is 9.53 Å². The Balaban J connectivity index is 1.61. The highest BCUT2D eigenvalue weighted by atomic mass is 32.1. The second kappa shape index (κ2) is 7.35. The van der Waals surface area contributed by atoms with E-state index in [4.69, 9.17) is 4.74 Å². The molecule has 25 heavy (non-hydrogen) atoms. The molecule has 3 heterocycles. The highest BCUT2D eigenvalue weighted by Crippen LogP contribution is 2.22. The van der Waals surface area contributed by atoms with E-state index >= 15 is 0 Å². The van der Waals surface area contributed by atoms with E-state index in [1.807, 2.05) is 24.4 Å². The molecule has 7 nitrogen and oxygen atoms in total. The summed E-state index contributed by atoms with van der Waals surface area (Å²) in [5.74, 6) is 0.249. The van der Waals surface area contributed by atoms with Crippen LogP contribution in [0.4, 0.5) is 0 Å². The molecule has 1 amide bonds. The van der Waals surface area contributed by atoms with Crippen molar-refractivity contribution in [2.45, 2.75) is 13.5 Å². The first-order chi connectivity index (χ1) is 12.1. The van der Waals surface area contributed by atoms with Crippen LogP contribution >= 0.6 is 11.3 Å². The molecule has 0 unspecified atom stereocenters. The van der Waals surface area contributed by atoms with Gasteiger partial charge in [0.15, 0.2) is 5.69 Å². The minimum atomic E-state index is -0.279. The Morgan fingerprint density at radius 2 is 2.24 bits per heavy atom. The summed E-state index contributed by atoms with van der Waals surface area (Å²) in [6, 6.07) is 8.82. The molecule has 0 aromatic carbocycles. The SMILES string of the molecule is COc1cc(C)n(CCNC(=O)c2cc(-c3cccs3)[nH]n2)c(=O)c1. The Bertz CT molecular complexity index is 928. The number of aryl methyl sites for hydroxylation is 1. The fourth-order valence-corrected chi connectivity index (χ4v) is 3.16. The minimum Gasteiger partial charge on any atom is -0.496 e. The number of carbonyl (C=O) groups excluding carboxylic acids is 1. The van der Waals surface area contributed by atoms with Crippen molar-refractivity contribution >= 4 is 17.2 Å². The van der Waals surface area contributed by atoms with Gasteiger partial charge in [0.05, 0.1) is 17.7 Å². The van der Waals surface area contributed by atoms with Crippen LogP contribution in [0.5, 0.6) is 5.75 Å². The van der Waals surface area contributed by atoms with E-state index < -0.39 is 0 Å². The van der Waals surface area contributed by atoms with Crippen LogP contribution in [0.25, 0.3) is 10.6 Å². The van der Waals surface area contributed by atoms with Crippen molar-refractivity contribution in [3.05, 3.63) is 57.5 Å². The zero-order valence-corrected chi connectivity index (χ0v) is 14.7. The molecule has 0 aliphatic rings. The third kappa shape index (κ3) is 3.80. The number of nitrogens with one attached hydrogen (secondary N) is 2. The van der Waals surface area contributed by atoms with Gasteiger partial charge in [-0.1, -0.05) is 6.07 Å². The van der Waals surface area contributed by atoms with Gasteiger partial charge in [0.2, 0.25) is 0 Å². The average molecular weight is 358 g/mol. The monoisotopic (exact) mass is 358 g/mol. The zero-order chi connectivity index (χ0) is 17.8. The maximum atomic E-state index is 12.2. The lowest BCUT2D eigenvalue weighted by Crippen LogP contribution is -2.31. The summed E-state index contributed by atoms with van der Waals surface area (Å²) >= 11 is 1.57. The molecule has 0 atom stereocenters. The van der Waals surface area contributed by atoms with E-state index in [9.17, 15) is 9.59 Å². The summed E-state index contributed by atoms with van der Waals surface area (Å²) in [5.41, 5.74) is 1.74. The third-order valence-electron chi connectivity index (χ3n) is 3.76. The number of hydrogen-bond acceptors (Lipinski definition) is 5. The largest absolute Gasteiger partial charge is 0.496 e. The fourth-order valence-electron chi connectivity index (χ4n) is 2.47. The van der Waals surface area contributed by atoms with Crippen LogP contribution < -0.4 is 15.6 Å². The Labute approximate surface area is 148 Å². The van der Waals surface area contributed by atoms with Crippen molar-refractivity contribution in [3.8, 4) is 16.3 Å². The third-order valence-corrected chi connectivity index (χ3v) is 4.67. The lowest BCUT2D eigenvalue weighted by Gasteiger charge is -2.11. The van der Waals surface area contributed by atoms with Gasteiger partial charge >= 0.3 is 0 Å². The molecular formula is C17H18N4O3S. The number of carbonyl (C=O) groups is 1. The number of thiophene rings is 1. The van der Waals surface area contributed by atoms with Crippen LogP contribution in [0.15, 0.2) is 40.5 Å². The Morgan fingerprint density at radius 1 is 1.40 bits per heavy atom. The summed E-state index contributed by atoms with van der Waals surface area (Å²) in [5, 5.41) is 11.6. The lowest BCUT2D eigenvalue weighted by atomic mass is 10.3. The van der Waals surface area contributed by atoms with Crippen molar-refractivity contribution in [2.24, 2.45) is 0 Å². The number of aromatic nitrogens is 3. The second-order valence-corrected chi connectivity index (χ2v) is 6.37. The minimum absolute atomic E-state index is 0.161. The predicted octanol–water partition coefficient (Wildman–Crippen LogP) is 2.05. The number of amides is 1. The van der Waals surface area contributed by atoms with E-state index in [0.29, 0.717) is 24.5 Å². The van der Waals surface area contributed by atoms with Crippen molar-refractivity contribution in [1.29, 1.82) is 0 Å². The average Bonchev–Trinajstić information content (AvgIpc) is 3.27. The number of methoxy groups -OCH3 is 1. The number of aromatic amines is 1. The van der Waals surface area contributed by atoms with Gasteiger partial charge in [0, 0.05) is 24.8 Å². The normalized spacial score (nSPS) is 10.6. The molecule has 3 aromatic heterocycles. The number of pyridine rings is 1. The molecule has 3 aromatic rings. The molecule has 130 valence electrons. The van der Waals surface area contributed by atoms with Crippen molar-refractivity contribution in [3.63, 3.8) is 0 Å². The van der Waals surface area contributed by atoms with E-state index in [1.54, 1.807) is 28.0 Å². The summed E-state index contributed by atoms with van der Waals surface area (Å²) in [6.07, 6.45) is 0. The number of rotatable bonds is 6. The van der Waals surface area contributed by atoms with Gasteiger partial charge in [0.1, 0.15) is 5.75 Å². The Morgan fingerprint density at radius 3 is 2.92 bits per heavy atom. The first kappa shape index (κ1) is 17.0. The van der Waals surface area contributed by atoms with Gasteiger partial charge in [-0.3, -0.25) is 14.7 Å². The summed E-state index contributed by atoms with van der Waals surface area (Å²) < 4.78 is 6.66. The maximum Gasteiger partial charge on any atom is 0.271 e. The highest BCUT2D eigenvalue weighted by Gasteiger charge is 2.12. The first-order valence-corrected chi connectivity index (χ1v) is 8.59. The van der Waals surface area contributed by atoms with E-state index in [2.05, 4.69) is 15.5 Å². The molecule has 3 rings (SSSR count). The van der Waals surface area contributed by atoms with E-state index in [-0.39, 0.29) is 11.5 Å². The Kier molecular flexibility index (Phi) is 4.99.